The lowest BCUT2D eigenvalue weighted by atomic mass is 9.91. The average molecular weight is 552 g/mol. The molecule has 2 aliphatic heterocycles. The fraction of sp³-hybridized carbons (Fsp3) is 0.448. The van der Waals surface area contributed by atoms with Crippen molar-refractivity contribution in [1.29, 1.82) is 0 Å². The molecule has 5 rings (SSSR count). The topological polar surface area (TPSA) is 110 Å². The first-order chi connectivity index (χ1) is 19.0. The molecule has 0 spiro atoms. The fourth-order valence-corrected chi connectivity index (χ4v) is 5.35. The minimum atomic E-state index is -0.663. The van der Waals surface area contributed by atoms with Gasteiger partial charge in [-0.05, 0) is 76.6 Å². The van der Waals surface area contributed by atoms with E-state index in [0.717, 1.165) is 31.0 Å². The summed E-state index contributed by atoms with van der Waals surface area (Å²) in [6, 6.07) is 6.47. The van der Waals surface area contributed by atoms with Crippen molar-refractivity contribution in [2.45, 2.75) is 58.6 Å². The number of likely N-dealkylation sites (tertiary alicyclic amines) is 1. The van der Waals surface area contributed by atoms with Gasteiger partial charge < -0.3 is 25.6 Å². The molecular weight excluding hydrogens is 516 g/mol. The zero-order valence-corrected chi connectivity index (χ0v) is 23.2. The van der Waals surface area contributed by atoms with E-state index in [2.05, 4.69) is 25.2 Å². The Morgan fingerprint density at radius 1 is 1.15 bits per heavy atom. The van der Waals surface area contributed by atoms with Crippen molar-refractivity contribution in [2.75, 3.05) is 29.9 Å². The van der Waals surface area contributed by atoms with Crippen LogP contribution in [0.1, 0.15) is 46.1 Å². The van der Waals surface area contributed by atoms with Crippen LogP contribution in [-0.4, -0.2) is 57.2 Å². The van der Waals surface area contributed by atoms with Gasteiger partial charge in [0, 0.05) is 30.9 Å². The number of benzene rings is 1. The van der Waals surface area contributed by atoms with Crippen molar-refractivity contribution in [3.05, 3.63) is 53.9 Å². The molecule has 212 valence electrons. The quantitative estimate of drug-likeness (QED) is 0.429. The number of halogens is 2. The van der Waals surface area contributed by atoms with Gasteiger partial charge in [-0.2, -0.15) is 0 Å². The average Bonchev–Trinajstić information content (AvgIpc) is 2.91. The number of fused-ring (bicyclic) bond motifs is 1. The highest BCUT2D eigenvalue weighted by Crippen LogP contribution is 2.43. The Hall–Kier alpha value is -4.02. The van der Waals surface area contributed by atoms with Crippen LogP contribution >= 0.6 is 0 Å². The summed E-state index contributed by atoms with van der Waals surface area (Å²) in [4.78, 5) is 27.9. The zero-order valence-electron chi connectivity index (χ0n) is 23.2. The number of amides is 2. The van der Waals surface area contributed by atoms with Crippen LogP contribution in [0.15, 0.2) is 36.7 Å². The maximum absolute atomic E-state index is 15.3. The molecule has 11 heteroatoms. The lowest BCUT2D eigenvalue weighted by molar-refractivity contribution is 0.0967. The lowest BCUT2D eigenvalue weighted by Crippen LogP contribution is -2.49. The van der Waals surface area contributed by atoms with Crippen molar-refractivity contribution in [1.82, 2.24) is 19.9 Å². The number of ether oxygens (including phenoxy) is 1. The summed E-state index contributed by atoms with van der Waals surface area (Å²) >= 11 is 0. The van der Waals surface area contributed by atoms with E-state index in [0.29, 0.717) is 42.6 Å². The van der Waals surface area contributed by atoms with Gasteiger partial charge >= 0.3 is 6.03 Å². The van der Waals surface area contributed by atoms with Gasteiger partial charge in [0.05, 0.1) is 18.4 Å². The van der Waals surface area contributed by atoms with Crippen molar-refractivity contribution >= 4 is 23.5 Å². The molecule has 0 bridgehead atoms. The van der Waals surface area contributed by atoms with Crippen molar-refractivity contribution in [2.24, 2.45) is 11.7 Å². The number of nitrogens with zero attached hydrogens (tertiary/aromatic N) is 5. The Balaban J connectivity index is 1.32. The third-order valence-corrected chi connectivity index (χ3v) is 7.42. The van der Waals surface area contributed by atoms with E-state index in [1.165, 1.54) is 6.07 Å². The molecule has 2 amide bonds. The largest absolute Gasteiger partial charge is 0.481 e. The number of carbonyl (C=O) groups is 1. The molecule has 9 nitrogen and oxygen atoms in total. The minimum Gasteiger partial charge on any atom is -0.481 e. The van der Waals surface area contributed by atoms with Crippen molar-refractivity contribution in [3.8, 4) is 17.0 Å². The Kier molecular flexibility index (Phi) is 7.48. The Morgan fingerprint density at radius 3 is 2.55 bits per heavy atom. The van der Waals surface area contributed by atoms with Crippen LogP contribution in [0.3, 0.4) is 0 Å². The van der Waals surface area contributed by atoms with E-state index in [-0.39, 0.29) is 29.5 Å². The summed E-state index contributed by atoms with van der Waals surface area (Å²) in [6.07, 6.45) is 5.51. The third-order valence-electron chi connectivity index (χ3n) is 7.42. The van der Waals surface area contributed by atoms with Gasteiger partial charge in [0.25, 0.3) is 0 Å². The van der Waals surface area contributed by atoms with Crippen molar-refractivity contribution < 1.29 is 18.3 Å². The number of rotatable bonds is 6. The van der Waals surface area contributed by atoms with Gasteiger partial charge in [0.1, 0.15) is 17.1 Å². The molecule has 1 saturated heterocycles. The SMILES string of the molecule is CC(C)N1CC(C)(C)Oc2c(F)cc(-c3nc(Nc4ccc(CC5CCN(C(N)=O)CC5)cn4)ncc3F)cc21. The van der Waals surface area contributed by atoms with Crippen LogP contribution in [0.2, 0.25) is 0 Å². The molecule has 0 saturated carbocycles. The molecule has 2 aromatic heterocycles. The lowest BCUT2D eigenvalue weighted by Gasteiger charge is -2.43. The smallest absolute Gasteiger partial charge is 0.314 e. The highest BCUT2D eigenvalue weighted by Gasteiger charge is 2.35. The predicted octanol–water partition coefficient (Wildman–Crippen LogP) is 5.28. The van der Waals surface area contributed by atoms with Crippen LogP contribution in [0.4, 0.5) is 31.0 Å². The second kappa shape index (κ2) is 10.9. The van der Waals surface area contributed by atoms with Gasteiger partial charge in [0.2, 0.25) is 5.95 Å². The summed E-state index contributed by atoms with van der Waals surface area (Å²) in [5.41, 5.74) is 6.71. The number of aromatic nitrogens is 3. The molecular formula is C29H35F2N7O2. The number of hydrogen-bond acceptors (Lipinski definition) is 7. The van der Waals surface area contributed by atoms with Crippen molar-refractivity contribution in [3.63, 3.8) is 0 Å². The second-order valence-corrected chi connectivity index (χ2v) is 11.4. The summed E-state index contributed by atoms with van der Waals surface area (Å²) in [5.74, 6) is 0.0260. The van der Waals surface area contributed by atoms with E-state index in [1.807, 2.05) is 39.8 Å². The van der Waals surface area contributed by atoms with Gasteiger partial charge in [-0.15, -0.1) is 0 Å². The first kappa shape index (κ1) is 27.5. The van der Waals surface area contributed by atoms with Crippen LogP contribution < -0.4 is 20.7 Å². The molecule has 3 aromatic rings. The van der Waals surface area contributed by atoms with E-state index < -0.39 is 17.2 Å². The Bertz CT molecular complexity index is 1390. The first-order valence-electron chi connectivity index (χ1n) is 13.6. The molecule has 2 aliphatic rings. The highest BCUT2D eigenvalue weighted by atomic mass is 19.1. The van der Waals surface area contributed by atoms with E-state index in [4.69, 9.17) is 10.5 Å². The van der Waals surface area contributed by atoms with Crippen LogP contribution in [0.25, 0.3) is 11.3 Å². The third kappa shape index (κ3) is 5.93. The molecule has 4 heterocycles. The standard InChI is InChI=1S/C29H35F2N7O2/c1-17(2)38-16-29(3,4)40-26-21(30)12-20(13-23(26)38)25-22(31)15-34-28(36-25)35-24-6-5-19(14-33-24)11-18-7-9-37(10-8-18)27(32)39/h5-6,12-15,17-18H,7-11,16H2,1-4H3,(H2,32,39)(H,33,34,35,36). The maximum atomic E-state index is 15.3. The van der Waals surface area contributed by atoms with Gasteiger partial charge in [0.15, 0.2) is 17.4 Å². The van der Waals surface area contributed by atoms with Crippen LogP contribution in [0.5, 0.6) is 5.75 Å². The molecule has 1 fully saturated rings. The predicted molar refractivity (Wildman–Crippen MR) is 150 cm³/mol. The normalized spacial score (nSPS) is 17.0. The number of anilines is 3. The van der Waals surface area contributed by atoms with Gasteiger partial charge in [-0.25, -0.2) is 28.5 Å². The maximum Gasteiger partial charge on any atom is 0.314 e. The summed E-state index contributed by atoms with van der Waals surface area (Å²) < 4.78 is 36.1. The number of nitrogens with two attached hydrogens (primary N) is 1. The number of pyridine rings is 1. The van der Waals surface area contributed by atoms with Gasteiger partial charge in [-0.1, -0.05) is 6.07 Å². The molecule has 0 unspecified atom stereocenters. The molecule has 3 N–H and O–H groups in total. The summed E-state index contributed by atoms with van der Waals surface area (Å²) in [5, 5.41) is 3.02. The van der Waals surface area contributed by atoms with Gasteiger partial charge in [-0.3, -0.25) is 0 Å². The second-order valence-electron chi connectivity index (χ2n) is 11.4. The first-order valence-corrected chi connectivity index (χ1v) is 13.6. The Morgan fingerprint density at radius 2 is 1.90 bits per heavy atom. The number of piperidine rings is 1. The Labute approximate surface area is 232 Å². The van der Waals surface area contributed by atoms with E-state index in [9.17, 15) is 9.18 Å². The van der Waals surface area contributed by atoms with Crippen LogP contribution in [-0.2, 0) is 6.42 Å². The molecule has 0 aliphatic carbocycles. The number of carbonyl (C=O) groups excluding carboxylic acids is 1. The number of hydrogen-bond donors (Lipinski definition) is 2. The fourth-order valence-electron chi connectivity index (χ4n) is 5.35. The summed E-state index contributed by atoms with van der Waals surface area (Å²) in [7, 11) is 0. The molecule has 0 radical (unpaired) electrons. The highest BCUT2D eigenvalue weighted by molar-refractivity contribution is 5.73. The number of primary amides is 1. The van der Waals surface area contributed by atoms with E-state index >= 15 is 4.39 Å². The zero-order chi connectivity index (χ0) is 28.6. The molecule has 0 atom stereocenters. The summed E-state index contributed by atoms with van der Waals surface area (Å²) in [6.45, 7) is 9.78. The minimum absolute atomic E-state index is 0.0216. The van der Waals surface area contributed by atoms with E-state index in [1.54, 1.807) is 17.2 Å². The number of nitrogens with one attached hydrogen (secondary N) is 1. The monoisotopic (exact) mass is 551 g/mol. The molecule has 40 heavy (non-hydrogen) atoms. The molecule has 1 aromatic carbocycles. The number of urea groups is 1. The van der Waals surface area contributed by atoms with Crippen LogP contribution in [0, 0.1) is 17.6 Å².